The molecule has 5 rings (SSSR count). The number of hydrogen-bond donors (Lipinski definition) is 1. The normalized spacial score (nSPS) is 17.9. The number of nitrogens with zero attached hydrogens (tertiary/aromatic N) is 5. The van der Waals surface area contributed by atoms with Gasteiger partial charge in [-0.2, -0.15) is 5.10 Å². The van der Waals surface area contributed by atoms with Gasteiger partial charge >= 0.3 is 5.69 Å². The van der Waals surface area contributed by atoms with Gasteiger partial charge in [0, 0.05) is 18.3 Å². The van der Waals surface area contributed by atoms with Crippen LogP contribution in [0.15, 0.2) is 29.5 Å². The molecule has 0 spiro atoms. The number of benzene rings is 1. The monoisotopic (exact) mass is 418 g/mol. The quantitative estimate of drug-likeness (QED) is 0.545. The molecule has 0 saturated carbocycles. The molecular weight excluding hydrogens is 388 g/mol. The summed E-state index contributed by atoms with van der Waals surface area (Å²) in [5, 5.41) is 4.37. The first-order valence-corrected chi connectivity index (χ1v) is 11.1. The number of likely N-dealkylation sites (N-methyl/N-ethyl adjacent to an activating group) is 1. The average molecular weight is 419 g/mol. The Morgan fingerprint density at radius 3 is 2.71 bits per heavy atom. The Hall–Kier alpha value is -2.93. The van der Waals surface area contributed by atoms with E-state index in [-0.39, 0.29) is 11.7 Å². The Morgan fingerprint density at radius 2 is 1.97 bits per heavy atom. The van der Waals surface area contributed by atoms with Crippen molar-refractivity contribution in [1.82, 2.24) is 29.0 Å². The van der Waals surface area contributed by atoms with Crippen LogP contribution in [-0.4, -0.2) is 49.2 Å². The first-order chi connectivity index (χ1) is 14.8. The van der Waals surface area contributed by atoms with Gasteiger partial charge in [0.1, 0.15) is 6.33 Å². The van der Waals surface area contributed by atoms with Crippen LogP contribution in [0, 0.1) is 13.8 Å². The predicted molar refractivity (Wildman–Crippen MR) is 124 cm³/mol. The van der Waals surface area contributed by atoms with E-state index in [0.717, 1.165) is 59.3 Å². The highest BCUT2D eigenvalue weighted by Gasteiger charge is 2.24. The van der Waals surface area contributed by atoms with Crippen LogP contribution in [0.5, 0.6) is 0 Å². The molecule has 1 unspecified atom stereocenters. The van der Waals surface area contributed by atoms with Gasteiger partial charge in [0.15, 0.2) is 5.65 Å². The SMILES string of the molecule is Cc1c(-c2cc3[nH]c(=O)n(C4CCCN(C)C4)c3cc2C(C)C)cn2ncnc2c1C. The van der Waals surface area contributed by atoms with Crippen LogP contribution < -0.4 is 5.69 Å². The third kappa shape index (κ3) is 3.19. The highest BCUT2D eigenvalue weighted by Crippen LogP contribution is 2.36. The molecule has 1 atom stereocenters. The number of likely N-dealkylation sites (tertiary alicyclic amines) is 1. The summed E-state index contributed by atoms with van der Waals surface area (Å²) in [5.41, 5.74) is 8.62. The van der Waals surface area contributed by atoms with E-state index in [1.807, 2.05) is 9.08 Å². The highest BCUT2D eigenvalue weighted by molar-refractivity contribution is 5.86. The van der Waals surface area contributed by atoms with Gasteiger partial charge in [-0.25, -0.2) is 14.3 Å². The van der Waals surface area contributed by atoms with Crippen LogP contribution in [0.2, 0.25) is 0 Å². The largest absolute Gasteiger partial charge is 0.326 e. The molecule has 162 valence electrons. The highest BCUT2D eigenvalue weighted by atomic mass is 16.1. The Balaban J connectivity index is 1.75. The average Bonchev–Trinajstić information content (AvgIpc) is 3.32. The molecule has 3 aromatic heterocycles. The van der Waals surface area contributed by atoms with Crippen molar-refractivity contribution in [2.75, 3.05) is 20.1 Å². The van der Waals surface area contributed by atoms with E-state index in [2.05, 4.69) is 73.0 Å². The van der Waals surface area contributed by atoms with E-state index in [1.54, 1.807) is 6.33 Å². The van der Waals surface area contributed by atoms with Gasteiger partial charge < -0.3 is 9.88 Å². The summed E-state index contributed by atoms with van der Waals surface area (Å²) in [7, 11) is 2.13. The van der Waals surface area contributed by atoms with Crippen LogP contribution in [-0.2, 0) is 0 Å². The number of aromatic amines is 1. The number of fused-ring (bicyclic) bond motifs is 2. The standard InChI is InChI=1S/C24H30N6O/c1-14(2)18-10-22-21(27-24(31)30(22)17-7-6-8-28(5)11-17)9-19(18)20-12-29-23(25-13-26-29)16(4)15(20)3/h9-10,12-14,17H,6-8,11H2,1-5H3,(H,27,31). The van der Waals surface area contributed by atoms with Gasteiger partial charge in [0.2, 0.25) is 0 Å². The van der Waals surface area contributed by atoms with Crippen LogP contribution >= 0.6 is 0 Å². The molecule has 0 bridgehead atoms. The van der Waals surface area contributed by atoms with Gasteiger partial charge in [-0.1, -0.05) is 13.8 Å². The van der Waals surface area contributed by atoms with Crippen molar-refractivity contribution in [2.24, 2.45) is 0 Å². The molecule has 7 nitrogen and oxygen atoms in total. The van der Waals surface area contributed by atoms with Crippen molar-refractivity contribution in [3.63, 3.8) is 0 Å². The molecule has 1 aromatic carbocycles. The summed E-state index contributed by atoms with van der Waals surface area (Å²) in [6, 6.07) is 4.59. The second-order valence-corrected chi connectivity index (χ2v) is 9.29. The molecule has 0 radical (unpaired) electrons. The first kappa shape index (κ1) is 20.0. The number of aromatic nitrogens is 5. The fourth-order valence-corrected chi connectivity index (χ4v) is 5.09. The molecule has 1 N–H and O–H groups in total. The molecule has 1 fully saturated rings. The fourth-order valence-electron chi connectivity index (χ4n) is 5.09. The zero-order valence-corrected chi connectivity index (χ0v) is 18.9. The number of imidazole rings is 1. The van der Waals surface area contributed by atoms with Crippen LogP contribution in [0.25, 0.3) is 27.8 Å². The van der Waals surface area contributed by atoms with Crippen LogP contribution in [0.4, 0.5) is 0 Å². The van der Waals surface area contributed by atoms with E-state index in [0.29, 0.717) is 5.92 Å². The number of aryl methyl sites for hydroxylation is 1. The van der Waals surface area contributed by atoms with E-state index in [1.165, 1.54) is 11.1 Å². The Morgan fingerprint density at radius 1 is 1.16 bits per heavy atom. The summed E-state index contributed by atoms with van der Waals surface area (Å²) in [6.45, 7) is 10.7. The Bertz CT molecular complexity index is 1340. The molecule has 1 saturated heterocycles. The first-order valence-electron chi connectivity index (χ1n) is 11.1. The lowest BCUT2D eigenvalue weighted by Crippen LogP contribution is -2.36. The van der Waals surface area contributed by atoms with E-state index >= 15 is 0 Å². The van der Waals surface area contributed by atoms with Crippen molar-refractivity contribution in [3.05, 3.63) is 51.8 Å². The minimum absolute atomic E-state index is 0.0122. The number of piperidine rings is 1. The molecular formula is C24H30N6O. The smallest absolute Gasteiger partial charge is 0.306 e. The Labute approximate surface area is 181 Å². The summed E-state index contributed by atoms with van der Waals surface area (Å²) >= 11 is 0. The molecule has 0 amide bonds. The van der Waals surface area contributed by atoms with Crippen molar-refractivity contribution in [3.8, 4) is 11.1 Å². The van der Waals surface area contributed by atoms with Gasteiger partial charge in [-0.3, -0.25) is 4.57 Å². The molecule has 1 aliphatic heterocycles. The van der Waals surface area contributed by atoms with E-state index < -0.39 is 0 Å². The summed E-state index contributed by atoms with van der Waals surface area (Å²) in [5.74, 6) is 0.318. The van der Waals surface area contributed by atoms with Crippen molar-refractivity contribution in [2.45, 2.75) is 52.5 Å². The minimum Gasteiger partial charge on any atom is -0.306 e. The molecule has 4 heterocycles. The summed E-state index contributed by atoms with van der Waals surface area (Å²) in [4.78, 5) is 22.8. The lowest BCUT2D eigenvalue weighted by Gasteiger charge is -2.30. The van der Waals surface area contributed by atoms with Crippen LogP contribution in [0.3, 0.4) is 0 Å². The number of hydrogen-bond acceptors (Lipinski definition) is 4. The number of rotatable bonds is 3. The zero-order valence-electron chi connectivity index (χ0n) is 18.9. The minimum atomic E-state index is -0.0122. The van der Waals surface area contributed by atoms with Crippen molar-refractivity contribution in [1.29, 1.82) is 0 Å². The third-order valence-corrected chi connectivity index (χ3v) is 6.89. The summed E-state index contributed by atoms with van der Waals surface area (Å²) < 4.78 is 3.83. The molecule has 0 aliphatic carbocycles. The predicted octanol–water partition coefficient (Wildman–Crippen LogP) is 4.05. The summed E-state index contributed by atoms with van der Waals surface area (Å²) in [6.07, 6.45) is 5.81. The van der Waals surface area contributed by atoms with Gasteiger partial charge in [-0.05, 0) is 80.6 Å². The maximum Gasteiger partial charge on any atom is 0.326 e. The number of pyridine rings is 1. The molecule has 4 aromatic rings. The maximum absolute atomic E-state index is 13.0. The van der Waals surface area contributed by atoms with Gasteiger partial charge in [-0.15, -0.1) is 0 Å². The maximum atomic E-state index is 13.0. The second kappa shape index (κ2) is 7.34. The van der Waals surface area contributed by atoms with Crippen molar-refractivity contribution < 1.29 is 0 Å². The molecule has 1 aliphatic rings. The van der Waals surface area contributed by atoms with Crippen molar-refractivity contribution >= 4 is 16.7 Å². The zero-order chi connectivity index (χ0) is 21.9. The number of nitrogens with one attached hydrogen (secondary N) is 1. The molecule has 31 heavy (non-hydrogen) atoms. The second-order valence-electron chi connectivity index (χ2n) is 9.29. The van der Waals surface area contributed by atoms with E-state index in [4.69, 9.17) is 0 Å². The van der Waals surface area contributed by atoms with Crippen LogP contribution in [0.1, 0.15) is 55.3 Å². The van der Waals surface area contributed by atoms with Gasteiger partial charge in [0.25, 0.3) is 0 Å². The lowest BCUT2D eigenvalue weighted by atomic mass is 9.89. The van der Waals surface area contributed by atoms with Gasteiger partial charge in [0.05, 0.1) is 17.1 Å². The third-order valence-electron chi connectivity index (χ3n) is 6.89. The molecule has 7 heteroatoms. The number of H-pyrrole nitrogens is 1. The Kier molecular flexibility index (Phi) is 4.73. The fraction of sp³-hybridized carbons (Fsp3) is 0.458. The van der Waals surface area contributed by atoms with E-state index in [9.17, 15) is 4.79 Å². The topological polar surface area (TPSA) is 71.2 Å². The lowest BCUT2D eigenvalue weighted by molar-refractivity contribution is 0.212.